The molecule has 2 aliphatic carbocycles. The monoisotopic (exact) mass is 533 g/mol. The van der Waals surface area contributed by atoms with Crippen molar-refractivity contribution in [3.8, 4) is 16.9 Å². The highest BCUT2D eigenvalue weighted by atomic mass is 32.2. The maximum atomic E-state index is 11.6. The largest absolute Gasteiger partial charge is 0.507 e. The van der Waals surface area contributed by atoms with Gasteiger partial charge in [0.05, 0.1) is 18.9 Å². The number of ether oxygens (including phenoxy) is 1. The lowest BCUT2D eigenvalue weighted by molar-refractivity contribution is 0.0644. The van der Waals surface area contributed by atoms with Crippen LogP contribution in [0.25, 0.3) is 21.9 Å². The number of fused-ring (bicyclic) bond motifs is 7. The van der Waals surface area contributed by atoms with E-state index in [1.165, 1.54) is 49.5 Å². The number of hydrogen-bond acceptors (Lipinski definition) is 5. The van der Waals surface area contributed by atoms with Gasteiger partial charge in [0.25, 0.3) is 0 Å². The first-order chi connectivity index (χ1) is 17.6. The van der Waals surface area contributed by atoms with Crippen LogP contribution in [0.4, 0.5) is 5.69 Å². The molecule has 2 fully saturated rings. The Kier molecular flexibility index (Phi) is 6.09. The van der Waals surface area contributed by atoms with Crippen molar-refractivity contribution < 1.29 is 9.84 Å². The van der Waals surface area contributed by atoms with Crippen LogP contribution in [-0.2, 0) is 10.2 Å². The summed E-state index contributed by atoms with van der Waals surface area (Å²) in [5, 5.41) is 13.7. The Bertz CT molecular complexity index is 1370. The summed E-state index contributed by atoms with van der Waals surface area (Å²) in [6.45, 7) is 13.1. The average Bonchev–Trinajstić information content (AvgIpc) is 3.09. The third-order valence-electron chi connectivity index (χ3n) is 8.81. The predicted octanol–water partition coefficient (Wildman–Crippen LogP) is 8.33. The highest BCUT2D eigenvalue weighted by molar-refractivity contribution is 7.99. The van der Waals surface area contributed by atoms with Crippen LogP contribution < -0.4 is 4.90 Å². The summed E-state index contributed by atoms with van der Waals surface area (Å²) in [6.07, 6.45) is 7.73. The number of hydrogen-bond donors (Lipinski definition) is 1. The second-order valence-corrected chi connectivity index (χ2v) is 14.6. The highest BCUT2D eigenvalue weighted by Gasteiger charge is 2.53. The normalized spacial score (nSPS) is 21.3. The van der Waals surface area contributed by atoms with Gasteiger partial charge >= 0.3 is 0 Å². The molecule has 3 aromatic rings. The highest BCUT2D eigenvalue weighted by Crippen LogP contribution is 2.65. The Labute approximate surface area is 230 Å². The summed E-state index contributed by atoms with van der Waals surface area (Å²) >= 11 is 3.58. The third kappa shape index (κ3) is 4.08. The van der Waals surface area contributed by atoms with E-state index in [0.717, 1.165) is 44.5 Å². The van der Waals surface area contributed by atoms with Gasteiger partial charge in [0.15, 0.2) is 0 Å². The molecule has 1 N–H and O–H groups in total. The smallest absolute Gasteiger partial charge is 0.123 e. The Balaban J connectivity index is 1.68. The van der Waals surface area contributed by atoms with E-state index < -0.39 is 0 Å². The Morgan fingerprint density at radius 3 is 2.16 bits per heavy atom. The minimum Gasteiger partial charge on any atom is -0.507 e. The van der Waals surface area contributed by atoms with Crippen molar-refractivity contribution in [1.29, 1.82) is 0 Å². The summed E-state index contributed by atoms with van der Waals surface area (Å²) < 4.78 is 5.67. The second-order valence-electron chi connectivity index (χ2n) is 12.8. The molecule has 0 radical (unpaired) electrons. The molecule has 0 bridgehead atoms. The average molecular weight is 534 g/mol. The zero-order chi connectivity index (χ0) is 26.2. The molecule has 1 spiro atoms. The van der Waals surface area contributed by atoms with Gasteiger partial charge in [-0.15, -0.1) is 23.5 Å². The van der Waals surface area contributed by atoms with Gasteiger partial charge in [0.1, 0.15) is 5.75 Å². The maximum Gasteiger partial charge on any atom is 0.123 e. The number of benzene rings is 3. The molecule has 1 saturated carbocycles. The standard InChI is InChI=1S/C32H39NO2S2/c1-30(2)17-31(3,4)19-32(18-30)24-13-20(36-5)7-8-21(24)29-23-14-26(33-9-11-35-12-10-33)28(37-6)15-22(23)27(34)16-25(29)32/h7-8,13-16,34H,9-12,17-19H2,1-6H3. The van der Waals surface area contributed by atoms with Crippen molar-refractivity contribution in [3.05, 3.63) is 47.5 Å². The fraction of sp³-hybridized carbons (Fsp3) is 0.500. The van der Waals surface area contributed by atoms with Crippen LogP contribution in [0.15, 0.2) is 46.2 Å². The van der Waals surface area contributed by atoms with Gasteiger partial charge in [0.2, 0.25) is 0 Å². The predicted molar refractivity (Wildman–Crippen MR) is 160 cm³/mol. The molecule has 196 valence electrons. The Morgan fingerprint density at radius 2 is 1.51 bits per heavy atom. The van der Waals surface area contributed by atoms with Gasteiger partial charge in [0, 0.05) is 33.7 Å². The van der Waals surface area contributed by atoms with E-state index in [1.807, 2.05) is 11.8 Å². The molecule has 3 aliphatic rings. The van der Waals surface area contributed by atoms with Crippen molar-refractivity contribution in [2.75, 3.05) is 43.7 Å². The Morgan fingerprint density at radius 1 is 0.811 bits per heavy atom. The molecule has 1 aliphatic heterocycles. The van der Waals surface area contributed by atoms with Gasteiger partial charge in [-0.3, -0.25) is 0 Å². The van der Waals surface area contributed by atoms with E-state index in [1.54, 1.807) is 11.8 Å². The topological polar surface area (TPSA) is 32.7 Å². The summed E-state index contributed by atoms with van der Waals surface area (Å²) in [7, 11) is 0. The molecule has 0 aromatic heterocycles. The number of nitrogens with zero attached hydrogens (tertiary/aromatic N) is 1. The summed E-state index contributed by atoms with van der Waals surface area (Å²) in [4.78, 5) is 5.00. The minimum atomic E-state index is -0.0926. The van der Waals surface area contributed by atoms with Crippen molar-refractivity contribution in [1.82, 2.24) is 0 Å². The lowest BCUT2D eigenvalue weighted by atomic mass is 9.52. The molecule has 0 amide bonds. The molecule has 3 aromatic carbocycles. The van der Waals surface area contributed by atoms with Crippen LogP contribution in [0.3, 0.4) is 0 Å². The van der Waals surface area contributed by atoms with E-state index >= 15 is 0 Å². The van der Waals surface area contributed by atoms with Crippen LogP contribution in [-0.4, -0.2) is 43.9 Å². The van der Waals surface area contributed by atoms with Crippen LogP contribution in [0.5, 0.6) is 5.75 Å². The SMILES string of the molecule is CSc1ccc2c(c1)C1(CC(C)(C)CC(C)(C)C1)c1cc(O)c3cc(SC)c(N4CCOCC4)cc3c1-2. The van der Waals surface area contributed by atoms with Gasteiger partial charge < -0.3 is 14.7 Å². The van der Waals surface area contributed by atoms with Gasteiger partial charge in [-0.05, 0) is 101 Å². The quantitative estimate of drug-likeness (QED) is 0.342. The summed E-state index contributed by atoms with van der Waals surface area (Å²) in [5.41, 5.74) is 7.08. The molecule has 37 heavy (non-hydrogen) atoms. The molecule has 3 nitrogen and oxygen atoms in total. The number of aromatic hydroxyl groups is 1. The van der Waals surface area contributed by atoms with Crippen LogP contribution >= 0.6 is 23.5 Å². The van der Waals surface area contributed by atoms with E-state index in [9.17, 15) is 5.11 Å². The zero-order valence-corrected chi connectivity index (χ0v) is 24.7. The van der Waals surface area contributed by atoms with Gasteiger partial charge in [-0.25, -0.2) is 0 Å². The van der Waals surface area contributed by atoms with E-state index in [0.29, 0.717) is 5.75 Å². The van der Waals surface area contributed by atoms with Crippen molar-refractivity contribution in [2.24, 2.45) is 10.8 Å². The van der Waals surface area contributed by atoms with Crippen LogP contribution in [0, 0.1) is 10.8 Å². The lowest BCUT2D eigenvalue weighted by Gasteiger charge is -2.51. The molecule has 0 unspecified atom stereocenters. The summed E-state index contributed by atoms with van der Waals surface area (Å²) in [5.74, 6) is 0.413. The van der Waals surface area contributed by atoms with Crippen molar-refractivity contribution >= 4 is 40.0 Å². The molecule has 1 heterocycles. The Hall–Kier alpha value is -1.82. The number of morpholine rings is 1. The third-order valence-corrected chi connectivity index (χ3v) is 10.3. The number of thioether (sulfide) groups is 2. The number of anilines is 1. The lowest BCUT2D eigenvalue weighted by Crippen LogP contribution is -2.43. The summed E-state index contributed by atoms with van der Waals surface area (Å²) in [6, 6.07) is 13.8. The maximum absolute atomic E-state index is 11.6. The number of phenolic OH excluding ortho intramolecular Hbond substituents is 1. The van der Waals surface area contributed by atoms with Crippen LogP contribution in [0.1, 0.15) is 58.1 Å². The zero-order valence-electron chi connectivity index (χ0n) is 23.0. The molecular formula is C32H39NO2S2. The van der Waals surface area contributed by atoms with Gasteiger partial charge in [-0.1, -0.05) is 33.8 Å². The van der Waals surface area contributed by atoms with E-state index in [-0.39, 0.29) is 16.2 Å². The molecule has 6 rings (SSSR count). The number of rotatable bonds is 3. The number of phenols is 1. The first-order valence-electron chi connectivity index (χ1n) is 13.5. The van der Waals surface area contributed by atoms with Gasteiger partial charge in [-0.2, -0.15) is 0 Å². The second kappa shape index (κ2) is 8.86. The first kappa shape index (κ1) is 25.5. The first-order valence-corrected chi connectivity index (χ1v) is 15.9. The fourth-order valence-corrected chi connectivity index (χ4v) is 9.28. The minimum absolute atomic E-state index is 0.0926. The van der Waals surface area contributed by atoms with Crippen molar-refractivity contribution in [2.45, 2.75) is 62.2 Å². The molecule has 1 saturated heterocycles. The molecule has 5 heteroatoms. The molecular weight excluding hydrogens is 494 g/mol. The van der Waals surface area contributed by atoms with Crippen LogP contribution in [0.2, 0.25) is 0 Å². The van der Waals surface area contributed by atoms with E-state index in [2.05, 4.69) is 81.5 Å². The van der Waals surface area contributed by atoms with E-state index in [4.69, 9.17) is 4.74 Å². The fourth-order valence-electron chi connectivity index (χ4n) is 8.21. The molecule has 0 atom stereocenters. The van der Waals surface area contributed by atoms with Crippen molar-refractivity contribution in [3.63, 3.8) is 0 Å².